The third-order valence-corrected chi connectivity index (χ3v) is 2.66. The van der Waals surface area contributed by atoms with Crippen molar-refractivity contribution in [1.82, 2.24) is 5.32 Å². The predicted molar refractivity (Wildman–Crippen MR) is 66.1 cm³/mol. The predicted octanol–water partition coefficient (Wildman–Crippen LogP) is 2.09. The number of alkyl halides is 2. The van der Waals surface area contributed by atoms with Gasteiger partial charge in [-0.15, -0.1) is 0 Å². The van der Waals surface area contributed by atoms with Crippen LogP contribution in [0.25, 0.3) is 0 Å². The Morgan fingerprint density at radius 1 is 1.42 bits per heavy atom. The fourth-order valence-corrected chi connectivity index (χ4v) is 1.54. The Labute approximate surface area is 109 Å². The monoisotopic (exact) mass is 274 g/mol. The molecule has 0 aliphatic carbocycles. The third kappa shape index (κ3) is 5.17. The SMILES string of the molecule is COc1ccc(CNC(C[N+](=O)[O-])C(C)(F)F)cc1. The molecule has 0 aliphatic heterocycles. The summed E-state index contributed by atoms with van der Waals surface area (Å²) in [5.41, 5.74) is 0.749. The maximum absolute atomic E-state index is 13.2. The maximum atomic E-state index is 13.2. The van der Waals surface area contributed by atoms with Gasteiger partial charge in [0.25, 0.3) is 5.92 Å². The Hall–Kier alpha value is -1.76. The van der Waals surface area contributed by atoms with Crippen molar-refractivity contribution in [1.29, 1.82) is 0 Å². The van der Waals surface area contributed by atoms with Crippen LogP contribution in [-0.2, 0) is 6.54 Å². The van der Waals surface area contributed by atoms with Crippen molar-refractivity contribution in [2.45, 2.75) is 25.4 Å². The van der Waals surface area contributed by atoms with Gasteiger partial charge in [-0.3, -0.25) is 15.4 Å². The molecule has 0 aliphatic rings. The van der Waals surface area contributed by atoms with E-state index in [1.165, 1.54) is 7.11 Å². The zero-order valence-electron chi connectivity index (χ0n) is 10.7. The highest BCUT2D eigenvalue weighted by atomic mass is 19.3. The standard InChI is InChI=1S/C12H16F2N2O3/c1-12(13,14)11(8-16(17)18)15-7-9-3-5-10(19-2)6-4-9/h3-6,11,15H,7-8H2,1-2H3. The van der Waals surface area contributed by atoms with Crippen molar-refractivity contribution in [2.24, 2.45) is 0 Å². The summed E-state index contributed by atoms with van der Waals surface area (Å²) >= 11 is 0. The van der Waals surface area contributed by atoms with Crippen LogP contribution < -0.4 is 10.1 Å². The van der Waals surface area contributed by atoms with Crippen molar-refractivity contribution >= 4 is 0 Å². The average molecular weight is 274 g/mol. The molecular weight excluding hydrogens is 258 g/mol. The first-order valence-electron chi connectivity index (χ1n) is 5.69. The van der Waals surface area contributed by atoms with Crippen molar-refractivity contribution in [3.05, 3.63) is 39.9 Å². The molecule has 0 saturated carbocycles. The van der Waals surface area contributed by atoms with E-state index in [1.807, 2.05) is 0 Å². The van der Waals surface area contributed by atoms with Gasteiger partial charge in [-0.2, -0.15) is 0 Å². The molecule has 1 aromatic carbocycles. The van der Waals surface area contributed by atoms with Gasteiger partial charge < -0.3 is 4.74 Å². The fourth-order valence-electron chi connectivity index (χ4n) is 1.54. The molecule has 1 rings (SSSR count). The first kappa shape index (κ1) is 15.3. The largest absolute Gasteiger partial charge is 0.497 e. The molecule has 0 aromatic heterocycles. The van der Waals surface area contributed by atoms with E-state index in [1.54, 1.807) is 24.3 Å². The second-order valence-electron chi connectivity index (χ2n) is 4.25. The van der Waals surface area contributed by atoms with Crippen LogP contribution in [-0.4, -0.2) is 30.5 Å². The molecule has 1 aromatic rings. The number of nitrogens with zero attached hydrogens (tertiary/aromatic N) is 1. The zero-order chi connectivity index (χ0) is 14.5. The number of hydrogen-bond acceptors (Lipinski definition) is 4. The van der Waals surface area contributed by atoms with Crippen LogP contribution >= 0.6 is 0 Å². The van der Waals surface area contributed by atoms with Gasteiger partial charge >= 0.3 is 0 Å². The Morgan fingerprint density at radius 3 is 2.42 bits per heavy atom. The van der Waals surface area contributed by atoms with E-state index in [4.69, 9.17) is 4.74 Å². The number of methoxy groups -OCH3 is 1. The summed E-state index contributed by atoms with van der Waals surface area (Å²) in [5.74, 6) is -2.49. The van der Waals surface area contributed by atoms with E-state index in [-0.39, 0.29) is 6.54 Å². The molecule has 1 atom stereocenters. The van der Waals surface area contributed by atoms with Crippen molar-refractivity contribution in [3.8, 4) is 5.75 Å². The van der Waals surface area contributed by atoms with Crippen LogP contribution in [0.15, 0.2) is 24.3 Å². The molecule has 0 saturated heterocycles. The van der Waals surface area contributed by atoms with Crippen molar-refractivity contribution < 1.29 is 18.4 Å². The van der Waals surface area contributed by atoms with E-state index < -0.39 is 23.4 Å². The lowest BCUT2D eigenvalue weighted by molar-refractivity contribution is -0.488. The number of rotatable bonds is 7. The Bertz CT molecular complexity index is 418. The number of nitrogens with one attached hydrogen (secondary N) is 1. The quantitative estimate of drug-likeness (QED) is 0.610. The lowest BCUT2D eigenvalue weighted by Crippen LogP contribution is -2.47. The van der Waals surface area contributed by atoms with E-state index in [0.717, 1.165) is 5.56 Å². The lowest BCUT2D eigenvalue weighted by atomic mass is 10.1. The van der Waals surface area contributed by atoms with Crippen LogP contribution in [0.5, 0.6) is 5.75 Å². The Balaban J connectivity index is 2.62. The molecule has 0 spiro atoms. The minimum atomic E-state index is -3.15. The third-order valence-electron chi connectivity index (χ3n) is 2.66. The summed E-state index contributed by atoms with van der Waals surface area (Å²) < 4.78 is 31.3. The van der Waals surface area contributed by atoms with Gasteiger partial charge in [0.2, 0.25) is 6.54 Å². The molecule has 1 unspecified atom stereocenters. The van der Waals surface area contributed by atoms with Crippen LogP contribution in [0.4, 0.5) is 8.78 Å². The van der Waals surface area contributed by atoms with Crippen LogP contribution in [0.3, 0.4) is 0 Å². The molecule has 0 bridgehead atoms. The Kier molecular flexibility index (Phi) is 5.17. The summed E-state index contributed by atoms with van der Waals surface area (Å²) in [7, 11) is 1.53. The van der Waals surface area contributed by atoms with Gasteiger partial charge in [0, 0.05) is 18.4 Å². The zero-order valence-corrected chi connectivity index (χ0v) is 10.7. The highest BCUT2D eigenvalue weighted by Gasteiger charge is 2.37. The van der Waals surface area contributed by atoms with Gasteiger partial charge in [-0.05, 0) is 17.7 Å². The number of hydrogen-bond donors (Lipinski definition) is 1. The highest BCUT2D eigenvalue weighted by Crippen LogP contribution is 2.18. The minimum absolute atomic E-state index is 0.131. The summed E-state index contributed by atoms with van der Waals surface area (Å²) in [5, 5.41) is 12.9. The fraction of sp³-hybridized carbons (Fsp3) is 0.500. The van der Waals surface area contributed by atoms with Gasteiger partial charge in [-0.1, -0.05) is 12.1 Å². The van der Waals surface area contributed by atoms with Gasteiger partial charge in [-0.25, -0.2) is 8.78 Å². The summed E-state index contributed by atoms with van der Waals surface area (Å²) in [6.07, 6.45) is 0. The van der Waals surface area contributed by atoms with E-state index in [9.17, 15) is 18.9 Å². The van der Waals surface area contributed by atoms with E-state index >= 15 is 0 Å². The number of halogens is 2. The first-order valence-corrected chi connectivity index (χ1v) is 5.69. The molecule has 0 radical (unpaired) electrons. The lowest BCUT2D eigenvalue weighted by Gasteiger charge is -2.21. The second-order valence-corrected chi connectivity index (χ2v) is 4.25. The van der Waals surface area contributed by atoms with E-state index in [0.29, 0.717) is 12.7 Å². The molecule has 19 heavy (non-hydrogen) atoms. The van der Waals surface area contributed by atoms with Crippen LogP contribution in [0, 0.1) is 10.1 Å². The smallest absolute Gasteiger partial charge is 0.266 e. The molecule has 0 heterocycles. The summed E-state index contributed by atoms with van der Waals surface area (Å²) in [6.45, 7) is -0.0201. The molecule has 1 N–H and O–H groups in total. The van der Waals surface area contributed by atoms with Gasteiger partial charge in [0.05, 0.1) is 7.11 Å². The normalized spacial score (nSPS) is 13.1. The Morgan fingerprint density at radius 2 is 2.00 bits per heavy atom. The first-order chi connectivity index (χ1) is 8.82. The summed E-state index contributed by atoms with van der Waals surface area (Å²) in [6, 6.07) is 5.32. The number of ether oxygens (including phenoxy) is 1. The van der Waals surface area contributed by atoms with Crippen LogP contribution in [0.1, 0.15) is 12.5 Å². The highest BCUT2D eigenvalue weighted by molar-refractivity contribution is 5.27. The minimum Gasteiger partial charge on any atom is -0.497 e. The van der Waals surface area contributed by atoms with Gasteiger partial charge in [0.1, 0.15) is 11.8 Å². The summed E-state index contributed by atoms with van der Waals surface area (Å²) in [4.78, 5) is 9.62. The average Bonchev–Trinajstić information content (AvgIpc) is 2.33. The molecule has 0 fully saturated rings. The van der Waals surface area contributed by atoms with E-state index in [2.05, 4.69) is 5.32 Å². The maximum Gasteiger partial charge on any atom is 0.266 e. The van der Waals surface area contributed by atoms with Gasteiger partial charge in [0.15, 0.2) is 0 Å². The number of benzene rings is 1. The molecular formula is C12H16F2N2O3. The molecule has 5 nitrogen and oxygen atoms in total. The molecule has 7 heteroatoms. The second kappa shape index (κ2) is 6.42. The molecule has 106 valence electrons. The number of nitro groups is 1. The van der Waals surface area contributed by atoms with Crippen LogP contribution in [0.2, 0.25) is 0 Å². The topological polar surface area (TPSA) is 64.4 Å². The van der Waals surface area contributed by atoms with Crippen molar-refractivity contribution in [3.63, 3.8) is 0 Å². The van der Waals surface area contributed by atoms with Crippen molar-refractivity contribution in [2.75, 3.05) is 13.7 Å². The molecule has 0 amide bonds.